The summed E-state index contributed by atoms with van der Waals surface area (Å²) in [6, 6.07) is 1.53. The van der Waals surface area contributed by atoms with E-state index in [-0.39, 0.29) is 0 Å². The highest BCUT2D eigenvalue weighted by atomic mass is 15.1. The summed E-state index contributed by atoms with van der Waals surface area (Å²) < 4.78 is 0. The van der Waals surface area contributed by atoms with Crippen LogP contribution in [0.15, 0.2) is 0 Å². The molecule has 0 aliphatic heterocycles. The molecule has 1 aliphatic carbocycles. The lowest BCUT2D eigenvalue weighted by Gasteiger charge is -2.32. The minimum Gasteiger partial charge on any atom is -0.312 e. The van der Waals surface area contributed by atoms with E-state index in [0.717, 1.165) is 18.5 Å². The summed E-state index contributed by atoms with van der Waals surface area (Å²) in [7, 11) is 4.38. The summed E-state index contributed by atoms with van der Waals surface area (Å²) in [5.74, 6) is 0.797. The van der Waals surface area contributed by atoms with E-state index in [0.29, 0.717) is 6.04 Å². The Hall–Kier alpha value is -0.0800. The third-order valence-corrected chi connectivity index (χ3v) is 3.22. The van der Waals surface area contributed by atoms with Gasteiger partial charge in [0, 0.05) is 18.6 Å². The van der Waals surface area contributed by atoms with E-state index in [9.17, 15) is 0 Å². The summed E-state index contributed by atoms with van der Waals surface area (Å²) in [5.41, 5.74) is 0. The first kappa shape index (κ1) is 12.0. The predicted octanol–water partition coefficient (Wildman–Crippen LogP) is 2.10. The summed E-state index contributed by atoms with van der Waals surface area (Å²) in [6.07, 6.45) is 5.50. The molecule has 0 spiro atoms. The van der Waals surface area contributed by atoms with Crippen LogP contribution < -0.4 is 5.32 Å². The van der Waals surface area contributed by atoms with Crippen molar-refractivity contribution in [3.63, 3.8) is 0 Å². The van der Waals surface area contributed by atoms with Crippen LogP contribution in [-0.4, -0.2) is 37.6 Å². The maximum absolute atomic E-state index is 3.66. The first-order chi connectivity index (χ1) is 6.59. The van der Waals surface area contributed by atoms with Gasteiger partial charge in [-0.15, -0.1) is 0 Å². The van der Waals surface area contributed by atoms with Gasteiger partial charge in [0.1, 0.15) is 0 Å². The van der Waals surface area contributed by atoms with E-state index in [4.69, 9.17) is 0 Å². The van der Waals surface area contributed by atoms with Gasteiger partial charge in [-0.3, -0.25) is 0 Å². The van der Waals surface area contributed by atoms with E-state index in [1.807, 2.05) is 0 Å². The van der Waals surface area contributed by atoms with Gasteiger partial charge < -0.3 is 10.2 Å². The van der Waals surface area contributed by atoms with Crippen molar-refractivity contribution in [3.05, 3.63) is 0 Å². The topological polar surface area (TPSA) is 15.3 Å². The fourth-order valence-electron chi connectivity index (χ4n) is 1.94. The molecule has 1 aliphatic rings. The van der Waals surface area contributed by atoms with E-state index < -0.39 is 0 Å². The Labute approximate surface area is 89.1 Å². The van der Waals surface area contributed by atoms with Crippen LogP contribution in [0.1, 0.15) is 39.5 Å². The monoisotopic (exact) mass is 198 g/mol. The van der Waals surface area contributed by atoms with Gasteiger partial charge in [-0.05, 0) is 39.3 Å². The second kappa shape index (κ2) is 5.72. The van der Waals surface area contributed by atoms with E-state index in [1.165, 1.54) is 25.7 Å². The maximum Gasteiger partial charge on any atom is 0.0217 e. The standard InChI is InChI=1S/C12H26N2/c1-10(2)8-12(14(3)4)9-13-11-6-5-7-11/h10-13H,5-9H2,1-4H3. The molecule has 0 heterocycles. The molecule has 0 aromatic heterocycles. The zero-order valence-electron chi connectivity index (χ0n) is 10.2. The highest BCUT2D eigenvalue weighted by Crippen LogP contribution is 2.18. The lowest BCUT2D eigenvalue weighted by Crippen LogP contribution is -2.44. The second-order valence-corrected chi connectivity index (χ2v) is 5.28. The van der Waals surface area contributed by atoms with E-state index in [1.54, 1.807) is 0 Å². The minimum atomic E-state index is 0.704. The van der Waals surface area contributed by atoms with E-state index in [2.05, 4.69) is 38.2 Å². The quantitative estimate of drug-likeness (QED) is 0.703. The average molecular weight is 198 g/mol. The Morgan fingerprint density at radius 2 is 1.93 bits per heavy atom. The Kier molecular flexibility index (Phi) is 4.90. The van der Waals surface area contributed by atoms with Crippen molar-refractivity contribution < 1.29 is 0 Å². The van der Waals surface area contributed by atoms with Gasteiger partial charge in [-0.1, -0.05) is 20.3 Å². The molecule has 1 fully saturated rings. The van der Waals surface area contributed by atoms with Crippen LogP contribution in [0.2, 0.25) is 0 Å². The molecule has 0 aromatic carbocycles. The Morgan fingerprint density at radius 3 is 2.29 bits per heavy atom. The number of hydrogen-bond acceptors (Lipinski definition) is 2. The van der Waals surface area contributed by atoms with Crippen LogP contribution in [0.3, 0.4) is 0 Å². The molecule has 0 radical (unpaired) electrons. The van der Waals surface area contributed by atoms with Crippen LogP contribution in [0.4, 0.5) is 0 Å². The van der Waals surface area contributed by atoms with Crippen LogP contribution in [0.25, 0.3) is 0 Å². The predicted molar refractivity (Wildman–Crippen MR) is 62.6 cm³/mol. The third-order valence-electron chi connectivity index (χ3n) is 3.22. The van der Waals surface area contributed by atoms with Crippen molar-refractivity contribution in [2.24, 2.45) is 5.92 Å². The number of nitrogens with zero attached hydrogens (tertiary/aromatic N) is 1. The molecular formula is C12H26N2. The maximum atomic E-state index is 3.66. The smallest absolute Gasteiger partial charge is 0.0217 e. The molecule has 0 bridgehead atoms. The van der Waals surface area contributed by atoms with Crippen molar-refractivity contribution in [3.8, 4) is 0 Å². The first-order valence-electron chi connectivity index (χ1n) is 5.99. The molecule has 2 nitrogen and oxygen atoms in total. The third kappa shape index (κ3) is 3.97. The van der Waals surface area contributed by atoms with Crippen molar-refractivity contribution in [1.82, 2.24) is 10.2 Å². The molecule has 14 heavy (non-hydrogen) atoms. The normalized spacial score (nSPS) is 20.1. The van der Waals surface area contributed by atoms with Crippen LogP contribution in [0.5, 0.6) is 0 Å². The molecule has 0 saturated heterocycles. The Bertz CT molecular complexity index is 150. The highest BCUT2D eigenvalue weighted by Gasteiger charge is 2.19. The van der Waals surface area contributed by atoms with Crippen molar-refractivity contribution in [1.29, 1.82) is 0 Å². The van der Waals surface area contributed by atoms with E-state index >= 15 is 0 Å². The molecule has 2 heteroatoms. The van der Waals surface area contributed by atoms with Gasteiger partial charge >= 0.3 is 0 Å². The van der Waals surface area contributed by atoms with Crippen molar-refractivity contribution in [2.45, 2.75) is 51.6 Å². The summed E-state index contributed by atoms with van der Waals surface area (Å²) in [4.78, 5) is 2.35. The summed E-state index contributed by atoms with van der Waals surface area (Å²) in [5, 5.41) is 3.66. The highest BCUT2D eigenvalue weighted by molar-refractivity contribution is 4.80. The SMILES string of the molecule is CC(C)CC(CNC1CCC1)N(C)C. The lowest BCUT2D eigenvalue weighted by molar-refractivity contribution is 0.224. The van der Waals surface area contributed by atoms with Gasteiger partial charge in [0.05, 0.1) is 0 Å². The lowest BCUT2D eigenvalue weighted by atomic mass is 9.92. The van der Waals surface area contributed by atoms with Gasteiger partial charge in [0.15, 0.2) is 0 Å². The summed E-state index contributed by atoms with van der Waals surface area (Å²) in [6.45, 7) is 5.77. The van der Waals surface area contributed by atoms with Gasteiger partial charge in [0.25, 0.3) is 0 Å². The largest absolute Gasteiger partial charge is 0.312 e. The van der Waals surface area contributed by atoms with Crippen molar-refractivity contribution in [2.75, 3.05) is 20.6 Å². The van der Waals surface area contributed by atoms with Crippen LogP contribution in [-0.2, 0) is 0 Å². The fraction of sp³-hybridized carbons (Fsp3) is 1.00. The minimum absolute atomic E-state index is 0.704. The van der Waals surface area contributed by atoms with Crippen LogP contribution in [0, 0.1) is 5.92 Å². The zero-order chi connectivity index (χ0) is 10.6. The second-order valence-electron chi connectivity index (χ2n) is 5.28. The molecule has 1 atom stereocenters. The molecular weight excluding hydrogens is 172 g/mol. The fourth-order valence-corrected chi connectivity index (χ4v) is 1.94. The molecule has 0 aromatic rings. The van der Waals surface area contributed by atoms with Gasteiger partial charge in [0.2, 0.25) is 0 Å². The van der Waals surface area contributed by atoms with Gasteiger partial charge in [-0.25, -0.2) is 0 Å². The molecule has 1 saturated carbocycles. The van der Waals surface area contributed by atoms with Crippen molar-refractivity contribution >= 4 is 0 Å². The molecule has 0 amide bonds. The average Bonchev–Trinajstić information content (AvgIpc) is 1.98. The first-order valence-corrected chi connectivity index (χ1v) is 5.99. The zero-order valence-corrected chi connectivity index (χ0v) is 10.2. The van der Waals surface area contributed by atoms with Crippen LogP contribution >= 0.6 is 0 Å². The molecule has 1 unspecified atom stereocenters. The molecule has 1 N–H and O–H groups in total. The number of hydrogen-bond donors (Lipinski definition) is 1. The van der Waals surface area contributed by atoms with Gasteiger partial charge in [-0.2, -0.15) is 0 Å². The molecule has 1 rings (SSSR count). The Morgan fingerprint density at radius 1 is 1.29 bits per heavy atom. The number of nitrogens with one attached hydrogen (secondary N) is 1. The summed E-state index contributed by atoms with van der Waals surface area (Å²) >= 11 is 0. The Balaban J connectivity index is 2.19. The number of rotatable bonds is 6. The number of likely N-dealkylation sites (N-methyl/N-ethyl adjacent to an activating group) is 1. The molecule has 84 valence electrons.